The Morgan fingerprint density at radius 3 is 2.28 bits per heavy atom. The van der Waals surface area contributed by atoms with E-state index >= 15 is 0 Å². The van der Waals surface area contributed by atoms with Gasteiger partial charge in [0.25, 0.3) is 0 Å². The molecule has 1 aromatic carbocycles. The van der Waals surface area contributed by atoms with Gasteiger partial charge in [0, 0.05) is 51.2 Å². The second-order valence-electron chi connectivity index (χ2n) is 11.5. The summed E-state index contributed by atoms with van der Waals surface area (Å²) in [6.07, 6.45) is 5.98. The standard InChI is InChI=1S/C28H42N4O4/c1-28(2,3)36-27(35)29-22-8-10-23(11-9-22)32-18-16-31(17-19-32)15-14-20-4-6-21(7-5-20)24-12-13-25(33)30-26(24)34/h4-7,22-24H,8-19H2,1-3H3,(H,29,35)(H,30,33,34). The minimum atomic E-state index is -0.458. The largest absolute Gasteiger partial charge is 0.444 e. The van der Waals surface area contributed by atoms with Crippen molar-refractivity contribution in [2.75, 3.05) is 32.7 Å². The summed E-state index contributed by atoms with van der Waals surface area (Å²) in [6.45, 7) is 11.1. The smallest absolute Gasteiger partial charge is 0.407 e. The van der Waals surface area contributed by atoms with E-state index in [9.17, 15) is 14.4 Å². The molecule has 0 radical (unpaired) electrons. The van der Waals surface area contributed by atoms with Crippen LogP contribution in [0.25, 0.3) is 0 Å². The number of piperazine rings is 1. The van der Waals surface area contributed by atoms with E-state index in [1.54, 1.807) is 0 Å². The van der Waals surface area contributed by atoms with Crippen LogP contribution in [0.2, 0.25) is 0 Å². The molecule has 1 atom stereocenters. The molecule has 8 heteroatoms. The lowest BCUT2D eigenvalue weighted by Crippen LogP contribution is -2.52. The molecule has 1 saturated carbocycles. The number of carbonyl (C=O) groups excluding carboxylic acids is 3. The highest BCUT2D eigenvalue weighted by Crippen LogP contribution is 2.26. The van der Waals surface area contributed by atoms with Crippen molar-refractivity contribution < 1.29 is 19.1 Å². The Morgan fingerprint density at radius 1 is 1.00 bits per heavy atom. The third-order valence-electron chi connectivity index (χ3n) is 7.68. The van der Waals surface area contributed by atoms with Gasteiger partial charge in [-0.15, -0.1) is 0 Å². The van der Waals surface area contributed by atoms with E-state index < -0.39 is 5.60 Å². The Balaban J connectivity index is 1.14. The summed E-state index contributed by atoms with van der Waals surface area (Å²) in [4.78, 5) is 40.7. The van der Waals surface area contributed by atoms with Crippen LogP contribution < -0.4 is 10.6 Å². The highest BCUT2D eigenvalue weighted by molar-refractivity contribution is 6.00. The van der Waals surface area contributed by atoms with Gasteiger partial charge in [0.05, 0.1) is 5.92 Å². The summed E-state index contributed by atoms with van der Waals surface area (Å²) in [5, 5.41) is 5.49. The molecule has 4 rings (SSSR count). The Bertz CT molecular complexity index is 910. The van der Waals surface area contributed by atoms with Gasteiger partial charge in [0.15, 0.2) is 0 Å². The van der Waals surface area contributed by atoms with Gasteiger partial charge in [-0.1, -0.05) is 24.3 Å². The fourth-order valence-electron chi connectivity index (χ4n) is 5.63. The van der Waals surface area contributed by atoms with Crippen LogP contribution in [-0.2, 0) is 20.7 Å². The van der Waals surface area contributed by atoms with Crippen LogP contribution in [0, 0.1) is 0 Å². The van der Waals surface area contributed by atoms with E-state index in [4.69, 9.17) is 4.74 Å². The lowest BCUT2D eigenvalue weighted by molar-refractivity contribution is -0.134. The number of hydrogen-bond acceptors (Lipinski definition) is 6. The number of alkyl carbamates (subject to hydrolysis) is 1. The van der Waals surface area contributed by atoms with Gasteiger partial charge in [-0.3, -0.25) is 19.8 Å². The maximum atomic E-state index is 12.1. The van der Waals surface area contributed by atoms with Gasteiger partial charge in [-0.25, -0.2) is 4.79 Å². The molecule has 1 aromatic rings. The van der Waals surface area contributed by atoms with E-state index in [1.807, 2.05) is 32.9 Å². The van der Waals surface area contributed by atoms with Crippen molar-refractivity contribution in [2.45, 2.75) is 89.3 Å². The molecule has 0 spiro atoms. The SMILES string of the molecule is CC(C)(C)OC(=O)NC1CCC(N2CCN(CCc3ccc(C4CCC(=O)NC4=O)cc3)CC2)CC1. The topological polar surface area (TPSA) is 91.0 Å². The molecular weight excluding hydrogens is 456 g/mol. The van der Waals surface area contributed by atoms with E-state index in [-0.39, 0.29) is 29.9 Å². The number of benzene rings is 1. The third-order valence-corrected chi connectivity index (χ3v) is 7.68. The summed E-state index contributed by atoms with van der Waals surface area (Å²) in [5.74, 6) is -0.562. The second-order valence-corrected chi connectivity index (χ2v) is 11.5. The number of nitrogens with zero attached hydrogens (tertiary/aromatic N) is 2. The lowest BCUT2D eigenvalue weighted by atomic mass is 9.89. The van der Waals surface area contributed by atoms with E-state index in [0.29, 0.717) is 18.9 Å². The van der Waals surface area contributed by atoms with Crippen molar-refractivity contribution in [1.29, 1.82) is 0 Å². The van der Waals surface area contributed by atoms with Crippen molar-refractivity contribution in [3.8, 4) is 0 Å². The van der Waals surface area contributed by atoms with Crippen molar-refractivity contribution in [3.63, 3.8) is 0 Å². The molecule has 1 unspecified atom stereocenters. The average Bonchev–Trinajstić information content (AvgIpc) is 2.83. The third kappa shape index (κ3) is 7.53. The Hall–Kier alpha value is -2.45. The summed E-state index contributed by atoms with van der Waals surface area (Å²) in [5.41, 5.74) is 1.82. The molecule has 2 saturated heterocycles. The van der Waals surface area contributed by atoms with Gasteiger partial charge < -0.3 is 15.0 Å². The minimum Gasteiger partial charge on any atom is -0.444 e. The molecule has 2 N–H and O–H groups in total. The average molecular weight is 499 g/mol. The maximum absolute atomic E-state index is 12.1. The predicted molar refractivity (Wildman–Crippen MR) is 139 cm³/mol. The molecule has 1 aliphatic carbocycles. The summed E-state index contributed by atoms with van der Waals surface area (Å²) in [6, 6.07) is 9.17. The fourth-order valence-corrected chi connectivity index (χ4v) is 5.63. The first-order chi connectivity index (χ1) is 17.2. The zero-order valence-corrected chi connectivity index (χ0v) is 22.1. The number of carbonyl (C=O) groups is 3. The summed E-state index contributed by atoms with van der Waals surface area (Å²) in [7, 11) is 0. The minimum absolute atomic E-state index is 0.171. The van der Waals surface area contributed by atoms with E-state index in [1.165, 1.54) is 5.56 Å². The molecule has 3 fully saturated rings. The van der Waals surface area contributed by atoms with Crippen LogP contribution in [-0.4, -0.2) is 78.1 Å². The van der Waals surface area contributed by atoms with Gasteiger partial charge >= 0.3 is 6.09 Å². The number of imide groups is 1. The molecule has 3 amide bonds. The van der Waals surface area contributed by atoms with Crippen LogP contribution in [0.1, 0.15) is 76.3 Å². The van der Waals surface area contributed by atoms with Gasteiger partial charge in [0.2, 0.25) is 11.8 Å². The zero-order valence-electron chi connectivity index (χ0n) is 22.1. The monoisotopic (exact) mass is 498 g/mol. The number of nitrogens with one attached hydrogen (secondary N) is 2. The van der Waals surface area contributed by atoms with Crippen LogP contribution in [0.3, 0.4) is 0 Å². The van der Waals surface area contributed by atoms with Crippen LogP contribution in [0.15, 0.2) is 24.3 Å². The molecule has 0 bridgehead atoms. The number of piperidine rings is 1. The summed E-state index contributed by atoms with van der Waals surface area (Å²) < 4.78 is 5.40. The zero-order chi connectivity index (χ0) is 25.7. The van der Waals surface area contributed by atoms with Crippen molar-refractivity contribution in [1.82, 2.24) is 20.4 Å². The van der Waals surface area contributed by atoms with Crippen LogP contribution >= 0.6 is 0 Å². The van der Waals surface area contributed by atoms with Crippen molar-refractivity contribution >= 4 is 17.9 Å². The normalized spacial score (nSPS) is 26.4. The number of rotatable bonds is 6. The Kier molecular flexibility index (Phi) is 8.67. The molecule has 0 aromatic heterocycles. The molecule has 8 nitrogen and oxygen atoms in total. The van der Waals surface area contributed by atoms with Gasteiger partial charge in [-0.05, 0) is 70.4 Å². The van der Waals surface area contributed by atoms with E-state index in [2.05, 4.69) is 32.6 Å². The van der Waals surface area contributed by atoms with Gasteiger partial charge in [-0.2, -0.15) is 0 Å². The molecule has 2 heterocycles. The Morgan fingerprint density at radius 2 is 1.67 bits per heavy atom. The number of ether oxygens (including phenoxy) is 1. The number of amides is 3. The maximum Gasteiger partial charge on any atom is 0.407 e. The summed E-state index contributed by atoms with van der Waals surface area (Å²) >= 11 is 0. The van der Waals surface area contributed by atoms with Crippen molar-refractivity contribution in [3.05, 3.63) is 35.4 Å². The van der Waals surface area contributed by atoms with Crippen LogP contribution in [0.5, 0.6) is 0 Å². The first-order valence-electron chi connectivity index (χ1n) is 13.5. The molecule has 36 heavy (non-hydrogen) atoms. The number of hydrogen-bond donors (Lipinski definition) is 2. The lowest BCUT2D eigenvalue weighted by Gasteiger charge is -2.42. The quantitative estimate of drug-likeness (QED) is 0.586. The predicted octanol–water partition coefficient (Wildman–Crippen LogP) is 3.20. The molecule has 3 aliphatic rings. The van der Waals surface area contributed by atoms with Gasteiger partial charge in [0.1, 0.15) is 5.60 Å². The van der Waals surface area contributed by atoms with Crippen molar-refractivity contribution in [2.24, 2.45) is 0 Å². The fraction of sp³-hybridized carbons (Fsp3) is 0.679. The molecule has 2 aliphatic heterocycles. The second kappa shape index (κ2) is 11.7. The Labute approximate surface area is 215 Å². The first kappa shape index (κ1) is 26.6. The highest BCUT2D eigenvalue weighted by Gasteiger charge is 2.30. The first-order valence-corrected chi connectivity index (χ1v) is 13.5. The van der Waals surface area contributed by atoms with E-state index in [0.717, 1.165) is 70.4 Å². The molecular formula is C28H42N4O4. The van der Waals surface area contributed by atoms with Crippen LogP contribution in [0.4, 0.5) is 4.79 Å². The molecule has 198 valence electrons. The highest BCUT2D eigenvalue weighted by atomic mass is 16.6.